The molecular formula is C23H20F4N6O4. The first-order chi connectivity index (χ1) is 17.4. The van der Waals surface area contributed by atoms with E-state index in [0.29, 0.717) is 23.0 Å². The number of carbonyl (C=O) groups is 3. The Bertz CT molecular complexity index is 1420. The molecule has 5 rings (SSSR count). The summed E-state index contributed by atoms with van der Waals surface area (Å²) in [5.41, 5.74) is 5.93. The SMILES string of the molecule is Cc1cc2c(cn1)c(C(N)=O)nn2CC(=O)N1[C@@H]2C[C@@H]2C[C@H]1C(=O)N(F)c1cccc(OC(F)(F)F)c1. The van der Waals surface area contributed by atoms with E-state index in [1.54, 1.807) is 13.0 Å². The minimum atomic E-state index is -4.99. The van der Waals surface area contributed by atoms with E-state index in [-0.39, 0.29) is 35.7 Å². The average molecular weight is 520 g/mol. The number of halogens is 4. The lowest BCUT2D eigenvalue weighted by atomic mass is 10.1. The van der Waals surface area contributed by atoms with Crippen LogP contribution in [0.3, 0.4) is 0 Å². The third kappa shape index (κ3) is 4.66. The lowest BCUT2D eigenvalue weighted by molar-refractivity contribution is -0.274. The van der Waals surface area contributed by atoms with Crippen molar-refractivity contribution >= 4 is 34.3 Å². The number of nitrogens with zero attached hydrogens (tertiary/aromatic N) is 5. The highest BCUT2D eigenvalue weighted by molar-refractivity contribution is 6.04. The third-order valence-electron chi connectivity index (χ3n) is 6.44. The minimum Gasteiger partial charge on any atom is -0.406 e. The first-order valence-electron chi connectivity index (χ1n) is 11.2. The summed E-state index contributed by atoms with van der Waals surface area (Å²) < 4.78 is 57.8. The highest BCUT2D eigenvalue weighted by atomic mass is 19.4. The van der Waals surface area contributed by atoms with Gasteiger partial charge in [0.25, 0.3) is 11.8 Å². The Labute approximate surface area is 206 Å². The number of piperidine rings is 1. The summed E-state index contributed by atoms with van der Waals surface area (Å²) in [6.45, 7) is 1.37. The van der Waals surface area contributed by atoms with Crippen molar-refractivity contribution in [3.8, 4) is 5.75 Å². The normalized spacial score (nSPS) is 20.6. The molecule has 1 saturated carbocycles. The lowest BCUT2D eigenvalue weighted by Gasteiger charge is -2.28. The molecule has 194 valence electrons. The maximum absolute atomic E-state index is 15.1. The molecule has 37 heavy (non-hydrogen) atoms. The number of alkyl halides is 3. The van der Waals surface area contributed by atoms with E-state index in [1.807, 2.05) is 0 Å². The zero-order valence-electron chi connectivity index (χ0n) is 19.3. The first-order valence-corrected chi connectivity index (χ1v) is 11.2. The molecule has 1 aromatic carbocycles. The van der Waals surface area contributed by atoms with Crippen LogP contribution in [0.1, 0.15) is 29.0 Å². The summed E-state index contributed by atoms with van der Waals surface area (Å²) in [6.07, 6.45) is -2.70. The van der Waals surface area contributed by atoms with Crippen LogP contribution in [0.4, 0.5) is 23.3 Å². The lowest BCUT2D eigenvalue weighted by Crippen LogP contribution is -2.48. The van der Waals surface area contributed by atoms with E-state index in [2.05, 4.69) is 14.8 Å². The maximum Gasteiger partial charge on any atom is 0.573 e. The second-order valence-corrected chi connectivity index (χ2v) is 8.99. The number of pyridine rings is 1. The Morgan fingerprint density at radius 2 is 1.97 bits per heavy atom. The van der Waals surface area contributed by atoms with Crippen LogP contribution in [0.2, 0.25) is 0 Å². The number of hydrogen-bond donors (Lipinski definition) is 1. The van der Waals surface area contributed by atoms with Crippen molar-refractivity contribution in [2.75, 3.05) is 5.12 Å². The van der Waals surface area contributed by atoms with Gasteiger partial charge in [-0.1, -0.05) is 10.5 Å². The van der Waals surface area contributed by atoms with E-state index in [1.165, 1.54) is 15.8 Å². The molecule has 0 spiro atoms. The number of fused-ring (bicyclic) bond motifs is 2. The summed E-state index contributed by atoms with van der Waals surface area (Å²) in [7, 11) is 0. The number of benzene rings is 1. The number of ether oxygens (including phenoxy) is 1. The van der Waals surface area contributed by atoms with Crippen molar-refractivity contribution in [1.82, 2.24) is 19.7 Å². The summed E-state index contributed by atoms with van der Waals surface area (Å²) in [5, 5.41) is 4.24. The highest BCUT2D eigenvalue weighted by Crippen LogP contribution is 2.48. The van der Waals surface area contributed by atoms with Crippen LogP contribution < -0.4 is 15.6 Å². The van der Waals surface area contributed by atoms with Crippen LogP contribution in [0.5, 0.6) is 5.75 Å². The molecule has 14 heteroatoms. The van der Waals surface area contributed by atoms with Crippen LogP contribution in [-0.4, -0.2) is 55.8 Å². The van der Waals surface area contributed by atoms with Gasteiger partial charge in [0.1, 0.15) is 18.3 Å². The molecule has 0 bridgehead atoms. The number of hydrogen-bond acceptors (Lipinski definition) is 6. The number of carbonyl (C=O) groups excluding carboxylic acids is 3. The van der Waals surface area contributed by atoms with E-state index < -0.39 is 41.6 Å². The van der Waals surface area contributed by atoms with Crippen molar-refractivity contribution in [3.63, 3.8) is 0 Å². The topological polar surface area (TPSA) is 124 Å². The predicted octanol–water partition coefficient (Wildman–Crippen LogP) is 2.64. The third-order valence-corrected chi connectivity index (χ3v) is 6.44. The molecule has 1 aliphatic heterocycles. The highest BCUT2D eigenvalue weighted by Gasteiger charge is 2.57. The van der Waals surface area contributed by atoms with E-state index in [4.69, 9.17) is 5.73 Å². The van der Waals surface area contributed by atoms with Crippen molar-refractivity contribution in [2.24, 2.45) is 11.7 Å². The maximum atomic E-state index is 15.1. The van der Waals surface area contributed by atoms with Gasteiger partial charge in [-0.05, 0) is 43.9 Å². The zero-order chi connectivity index (χ0) is 26.6. The second kappa shape index (κ2) is 8.71. The Kier molecular flexibility index (Phi) is 5.76. The molecule has 2 aliphatic rings. The smallest absolute Gasteiger partial charge is 0.406 e. The molecule has 2 N–H and O–H groups in total. The van der Waals surface area contributed by atoms with Gasteiger partial charge in [-0.3, -0.25) is 24.0 Å². The number of likely N-dealkylation sites (tertiary alicyclic amines) is 1. The van der Waals surface area contributed by atoms with Crippen molar-refractivity contribution < 1.29 is 36.8 Å². The van der Waals surface area contributed by atoms with Gasteiger partial charge in [0.05, 0.1) is 16.6 Å². The number of nitrogens with two attached hydrogens (primary N) is 1. The Morgan fingerprint density at radius 1 is 1.22 bits per heavy atom. The monoisotopic (exact) mass is 520 g/mol. The van der Waals surface area contributed by atoms with Crippen LogP contribution in [0.25, 0.3) is 10.9 Å². The van der Waals surface area contributed by atoms with Crippen LogP contribution in [0.15, 0.2) is 36.5 Å². The molecule has 1 saturated heterocycles. The molecule has 3 amide bonds. The standard InChI is InChI=1S/C23H20F4N6O4/c1-11-5-17-15(9-29-11)20(21(28)35)30-31(17)10-19(34)32-16-6-12(16)7-18(32)22(36)33(27)13-3-2-4-14(8-13)37-23(24,25)26/h2-5,8-9,12,16,18H,6-7,10H2,1H3,(H2,28,35)/t12-,16-,18+/m1/s1. The van der Waals surface area contributed by atoms with Crippen molar-refractivity contribution in [1.29, 1.82) is 0 Å². The van der Waals surface area contributed by atoms with Gasteiger partial charge in [0.15, 0.2) is 5.69 Å². The molecule has 0 radical (unpaired) electrons. The molecule has 1 aliphatic carbocycles. The predicted molar refractivity (Wildman–Crippen MR) is 120 cm³/mol. The van der Waals surface area contributed by atoms with E-state index in [9.17, 15) is 27.6 Å². The van der Waals surface area contributed by atoms with Gasteiger partial charge in [-0.2, -0.15) is 5.10 Å². The Morgan fingerprint density at radius 3 is 2.68 bits per heavy atom. The quantitative estimate of drug-likeness (QED) is 0.394. The van der Waals surface area contributed by atoms with Gasteiger partial charge in [0.2, 0.25) is 5.91 Å². The average Bonchev–Trinajstić information content (AvgIpc) is 3.34. The molecule has 2 aromatic heterocycles. The van der Waals surface area contributed by atoms with Gasteiger partial charge in [-0.25, -0.2) is 0 Å². The number of anilines is 1. The number of aromatic nitrogens is 3. The summed E-state index contributed by atoms with van der Waals surface area (Å²) in [4.78, 5) is 43.6. The molecule has 3 heterocycles. The Balaban J connectivity index is 1.38. The van der Waals surface area contributed by atoms with Crippen molar-refractivity contribution in [3.05, 3.63) is 47.9 Å². The molecule has 10 nitrogen and oxygen atoms in total. The first kappa shape index (κ1) is 24.5. The number of aryl methyl sites for hydroxylation is 1. The zero-order valence-corrected chi connectivity index (χ0v) is 19.3. The van der Waals surface area contributed by atoms with E-state index >= 15 is 4.48 Å². The van der Waals surface area contributed by atoms with Crippen LogP contribution in [-0.2, 0) is 16.1 Å². The second-order valence-electron chi connectivity index (χ2n) is 8.99. The summed E-state index contributed by atoms with van der Waals surface area (Å²) >= 11 is 0. The number of primary amides is 1. The summed E-state index contributed by atoms with van der Waals surface area (Å²) in [6, 6.07) is 4.15. The molecule has 0 unspecified atom stereocenters. The number of amides is 3. The van der Waals surface area contributed by atoms with Gasteiger partial charge >= 0.3 is 6.36 Å². The van der Waals surface area contributed by atoms with Crippen LogP contribution in [0, 0.1) is 12.8 Å². The molecule has 3 aromatic rings. The fraction of sp³-hybridized carbons (Fsp3) is 0.348. The molecule has 3 atom stereocenters. The van der Waals surface area contributed by atoms with Crippen LogP contribution >= 0.6 is 0 Å². The van der Waals surface area contributed by atoms with E-state index in [0.717, 1.165) is 24.3 Å². The Hall–Kier alpha value is -4.23. The largest absolute Gasteiger partial charge is 0.573 e. The molecular weight excluding hydrogens is 500 g/mol. The summed E-state index contributed by atoms with van der Waals surface area (Å²) in [5.74, 6) is -3.10. The fourth-order valence-electron chi connectivity index (χ4n) is 4.78. The minimum absolute atomic E-state index is 0.00758. The molecule has 2 fully saturated rings. The number of rotatable bonds is 6. The van der Waals surface area contributed by atoms with Crippen molar-refractivity contribution in [2.45, 2.75) is 44.8 Å². The van der Waals surface area contributed by atoms with Gasteiger partial charge < -0.3 is 15.4 Å². The van der Waals surface area contributed by atoms with Gasteiger partial charge in [0, 0.05) is 24.0 Å². The fourth-order valence-corrected chi connectivity index (χ4v) is 4.78. The van der Waals surface area contributed by atoms with Gasteiger partial charge in [-0.15, -0.1) is 18.3 Å².